The van der Waals surface area contributed by atoms with Crippen LogP contribution >= 0.6 is 11.3 Å². The highest BCUT2D eigenvalue weighted by Gasteiger charge is 2.07. The Morgan fingerprint density at radius 3 is 2.26 bits per heavy atom. The van der Waals surface area contributed by atoms with Crippen LogP contribution in [0.5, 0.6) is 0 Å². The number of thiazole rings is 1. The molecule has 0 aliphatic heterocycles. The molecule has 0 radical (unpaired) electrons. The van der Waals surface area contributed by atoms with E-state index in [1.165, 1.54) is 11.1 Å². The van der Waals surface area contributed by atoms with E-state index in [4.69, 9.17) is 0 Å². The summed E-state index contributed by atoms with van der Waals surface area (Å²) in [6, 6.07) is 8.81. The maximum Gasteiger partial charge on any atom is 0.191 e. The van der Waals surface area contributed by atoms with Crippen molar-refractivity contribution in [3.8, 4) is 0 Å². The van der Waals surface area contributed by atoms with Crippen molar-refractivity contribution in [2.24, 2.45) is 4.99 Å². The first-order valence-corrected chi connectivity index (χ1v) is 10.6. The Hall–Kier alpha value is -1.92. The van der Waals surface area contributed by atoms with Gasteiger partial charge in [0.2, 0.25) is 0 Å². The fraction of sp³-hybridized carbons (Fsp3) is 0.524. The summed E-state index contributed by atoms with van der Waals surface area (Å²) in [4.78, 5) is 11.4. The van der Waals surface area contributed by atoms with Gasteiger partial charge in [0.05, 0.1) is 12.2 Å². The van der Waals surface area contributed by atoms with Crippen LogP contribution in [0.2, 0.25) is 0 Å². The highest BCUT2D eigenvalue weighted by molar-refractivity contribution is 7.09. The first-order valence-electron chi connectivity index (χ1n) is 9.74. The zero-order valence-corrected chi connectivity index (χ0v) is 18.1. The Bertz CT molecular complexity index is 702. The molecule has 0 unspecified atom stereocenters. The molecule has 2 N–H and O–H groups in total. The van der Waals surface area contributed by atoms with Crippen molar-refractivity contribution in [1.82, 2.24) is 20.5 Å². The number of nitrogens with one attached hydrogen (secondary N) is 2. The molecule has 148 valence electrons. The normalized spacial score (nSPS) is 12.0. The molecule has 0 saturated heterocycles. The molecule has 5 nitrogen and oxygen atoms in total. The van der Waals surface area contributed by atoms with Gasteiger partial charge >= 0.3 is 0 Å². The van der Waals surface area contributed by atoms with E-state index in [0.717, 1.165) is 42.8 Å². The SMILES string of the molecule is CCN(CC)Cc1ccc(CNC(=NC)NCc2nc(C(C)C)cs2)cc1. The lowest BCUT2D eigenvalue weighted by Crippen LogP contribution is -2.36. The summed E-state index contributed by atoms with van der Waals surface area (Å²) < 4.78 is 0. The summed E-state index contributed by atoms with van der Waals surface area (Å²) in [5, 5.41) is 9.94. The van der Waals surface area contributed by atoms with Gasteiger partial charge in [0.15, 0.2) is 5.96 Å². The van der Waals surface area contributed by atoms with Crippen LogP contribution < -0.4 is 10.6 Å². The number of nitrogens with zero attached hydrogens (tertiary/aromatic N) is 3. The van der Waals surface area contributed by atoms with E-state index in [0.29, 0.717) is 12.5 Å². The number of hydrogen-bond donors (Lipinski definition) is 2. The van der Waals surface area contributed by atoms with Crippen molar-refractivity contribution in [2.75, 3.05) is 20.1 Å². The van der Waals surface area contributed by atoms with E-state index in [-0.39, 0.29) is 0 Å². The van der Waals surface area contributed by atoms with E-state index in [1.54, 1.807) is 18.4 Å². The number of aliphatic imine (C=N–C) groups is 1. The highest BCUT2D eigenvalue weighted by Crippen LogP contribution is 2.17. The minimum absolute atomic E-state index is 0.470. The van der Waals surface area contributed by atoms with E-state index in [2.05, 4.69) is 82.9 Å². The maximum absolute atomic E-state index is 4.65. The van der Waals surface area contributed by atoms with Crippen LogP contribution in [0.15, 0.2) is 34.6 Å². The van der Waals surface area contributed by atoms with Gasteiger partial charge in [-0.1, -0.05) is 52.0 Å². The van der Waals surface area contributed by atoms with Crippen LogP contribution in [0.25, 0.3) is 0 Å². The third-order valence-corrected chi connectivity index (χ3v) is 5.44. The molecule has 0 atom stereocenters. The van der Waals surface area contributed by atoms with Crippen LogP contribution in [-0.4, -0.2) is 36.0 Å². The van der Waals surface area contributed by atoms with Crippen LogP contribution in [0.4, 0.5) is 0 Å². The molecule has 0 saturated carbocycles. The Morgan fingerprint density at radius 2 is 1.70 bits per heavy atom. The van der Waals surface area contributed by atoms with Gasteiger partial charge in [-0.2, -0.15) is 0 Å². The van der Waals surface area contributed by atoms with Crippen molar-refractivity contribution >= 4 is 17.3 Å². The summed E-state index contributed by atoms with van der Waals surface area (Å²) in [5.74, 6) is 1.26. The smallest absolute Gasteiger partial charge is 0.191 e. The highest BCUT2D eigenvalue weighted by atomic mass is 32.1. The van der Waals surface area contributed by atoms with Gasteiger partial charge in [0.25, 0.3) is 0 Å². The van der Waals surface area contributed by atoms with Gasteiger partial charge in [0, 0.05) is 25.5 Å². The van der Waals surface area contributed by atoms with Crippen LogP contribution in [0.1, 0.15) is 55.4 Å². The minimum atomic E-state index is 0.470. The molecule has 2 rings (SSSR count). The Morgan fingerprint density at radius 1 is 1.07 bits per heavy atom. The fourth-order valence-electron chi connectivity index (χ4n) is 2.71. The molecule has 1 aromatic heterocycles. The summed E-state index contributed by atoms with van der Waals surface area (Å²) in [7, 11) is 1.80. The number of benzene rings is 1. The number of rotatable bonds is 9. The van der Waals surface area contributed by atoms with Crippen molar-refractivity contribution < 1.29 is 0 Å². The average Bonchev–Trinajstić information content (AvgIpc) is 3.16. The predicted molar refractivity (Wildman–Crippen MR) is 116 cm³/mol. The molecule has 27 heavy (non-hydrogen) atoms. The van der Waals surface area contributed by atoms with Crippen LogP contribution in [-0.2, 0) is 19.6 Å². The standard InChI is InChI=1S/C21H33N5S/c1-6-26(7-2)14-18-10-8-17(9-11-18)12-23-21(22-5)24-13-20-25-19(15-27-20)16(3)4/h8-11,15-16H,6-7,12-14H2,1-5H3,(H2,22,23,24). The molecular formula is C21H33N5S. The first kappa shape index (κ1) is 21.4. The minimum Gasteiger partial charge on any atom is -0.352 e. The zero-order chi connectivity index (χ0) is 19.6. The second kappa shape index (κ2) is 11.0. The third kappa shape index (κ3) is 6.96. The molecule has 6 heteroatoms. The van der Waals surface area contributed by atoms with Gasteiger partial charge in [-0.3, -0.25) is 9.89 Å². The lowest BCUT2D eigenvalue weighted by molar-refractivity contribution is 0.296. The van der Waals surface area contributed by atoms with Gasteiger partial charge in [-0.15, -0.1) is 11.3 Å². The molecule has 0 aliphatic rings. The van der Waals surface area contributed by atoms with Gasteiger partial charge in [-0.05, 0) is 30.1 Å². The largest absolute Gasteiger partial charge is 0.352 e. The lowest BCUT2D eigenvalue weighted by atomic mass is 10.1. The quantitative estimate of drug-likeness (QED) is 0.505. The Kier molecular flexibility index (Phi) is 8.75. The van der Waals surface area contributed by atoms with Gasteiger partial charge < -0.3 is 10.6 Å². The molecule has 1 heterocycles. The van der Waals surface area contributed by atoms with Crippen molar-refractivity contribution in [2.45, 2.75) is 53.2 Å². The molecule has 0 amide bonds. The Balaban J connectivity index is 1.81. The molecule has 0 spiro atoms. The third-order valence-electron chi connectivity index (χ3n) is 4.58. The van der Waals surface area contributed by atoms with Crippen LogP contribution in [0, 0.1) is 0 Å². The molecular weight excluding hydrogens is 354 g/mol. The first-order chi connectivity index (χ1) is 13.0. The lowest BCUT2D eigenvalue weighted by Gasteiger charge is -2.18. The van der Waals surface area contributed by atoms with E-state index in [1.807, 2.05) is 0 Å². The second-order valence-electron chi connectivity index (χ2n) is 6.88. The van der Waals surface area contributed by atoms with Crippen molar-refractivity contribution in [3.05, 3.63) is 51.5 Å². The number of aromatic nitrogens is 1. The molecule has 0 aliphatic carbocycles. The van der Waals surface area contributed by atoms with Gasteiger partial charge in [0.1, 0.15) is 5.01 Å². The molecule has 0 fully saturated rings. The molecule has 2 aromatic rings. The fourth-order valence-corrected chi connectivity index (χ4v) is 3.60. The van der Waals surface area contributed by atoms with Crippen molar-refractivity contribution in [1.29, 1.82) is 0 Å². The molecule has 1 aromatic carbocycles. The summed E-state index contributed by atoms with van der Waals surface area (Å²) >= 11 is 1.69. The Labute approximate surface area is 167 Å². The number of hydrogen-bond acceptors (Lipinski definition) is 4. The summed E-state index contributed by atoms with van der Waals surface area (Å²) in [6.07, 6.45) is 0. The van der Waals surface area contributed by atoms with Gasteiger partial charge in [-0.25, -0.2) is 4.98 Å². The van der Waals surface area contributed by atoms with Crippen molar-refractivity contribution in [3.63, 3.8) is 0 Å². The number of guanidine groups is 1. The zero-order valence-electron chi connectivity index (χ0n) is 17.2. The average molecular weight is 388 g/mol. The second-order valence-corrected chi connectivity index (χ2v) is 7.82. The summed E-state index contributed by atoms with van der Waals surface area (Å²) in [6.45, 7) is 13.4. The summed E-state index contributed by atoms with van der Waals surface area (Å²) in [5.41, 5.74) is 3.76. The molecule has 0 bridgehead atoms. The predicted octanol–water partition coefficient (Wildman–Crippen LogP) is 3.97. The van der Waals surface area contributed by atoms with Crippen LogP contribution in [0.3, 0.4) is 0 Å². The van der Waals surface area contributed by atoms with E-state index in [9.17, 15) is 0 Å². The monoisotopic (exact) mass is 387 g/mol. The maximum atomic E-state index is 4.65. The topological polar surface area (TPSA) is 52.5 Å². The van der Waals surface area contributed by atoms with E-state index >= 15 is 0 Å². The van der Waals surface area contributed by atoms with E-state index < -0.39 is 0 Å².